The van der Waals surface area contributed by atoms with Gasteiger partial charge in [0.15, 0.2) is 5.03 Å². The molecule has 7 heteroatoms. The van der Waals surface area contributed by atoms with Gasteiger partial charge in [-0.15, -0.1) is 0 Å². The Morgan fingerprint density at radius 3 is 2.79 bits per heavy atom. The Kier molecular flexibility index (Phi) is 2.94. The summed E-state index contributed by atoms with van der Waals surface area (Å²) < 4.78 is 32.0. The number of nitrogens with zero attached hydrogens (tertiary/aromatic N) is 2. The van der Waals surface area contributed by atoms with E-state index >= 15 is 0 Å². The molecular weight excluding hydrogens is 266 g/mol. The highest BCUT2D eigenvalue weighted by Crippen LogP contribution is 2.33. The lowest BCUT2D eigenvalue weighted by Gasteiger charge is -2.19. The fraction of sp³-hybridized carbons (Fsp3) is 0.417. The first-order valence-electron chi connectivity index (χ1n) is 6.13. The van der Waals surface area contributed by atoms with Crippen molar-refractivity contribution < 1.29 is 12.8 Å². The Morgan fingerprint density at radius 1 is 1.47 bits per heavy atom. The first-order valence-corrected chi connectivity index (χ1v) is 7.57. The van der Waals surface area contributed by atoms with Crippen molar-refractivity contribution in [3.63, 3.8) is 0 Å². The van der Waals surface area contributed by atoms with Crippen molar-refractivity contribution in [2.24, 2.45) is 0 Å². The molecule has 0 spiro atoms. The molecule has 0 unspecified atom stereocenters. The van der Waals surface area contributed by atoms with Gasteiger partial charge in [-0.2, -0.15) is 4.31 Å². The number of nitrogens with one attached hydrogen (secondary N) is 1. The van der Waals surface area contributed by atoms with Gasteiger partial charge in [0.1, 0.15) is 11.5 Å². The third-order valence-corrected chi connectivity index (χ3v) is 4.95. The monoisotopic (exact) mass is 281 g/mol. The molecule has 2 heterocycles. The SMILES string of the molecule is Cc1ccc(CN(C2CC2)S(=O)(=O)c2cnc[nH]2)o1. The molecule has 6 nitrogen and oxygen atoms in total. The van der Waals surface area contributed by atoms with E-state index in [4.69, 9.17) is 4.42 Å². The Morgan fingerprint density at radius 2 is 2.26 bits per heavy atom. The van der Waals surface area contributed by atoms with E-state index in [0.717, 1.165) is 18.6 Å². The molecule has 0 aliphatic heterocycles. The highest BCUT2D eigenvalue weighted by molar-refractivity contribution is 7.89. The summed E-state index contributed by atoms with van der Waals surface area (Å²) >= 11 is 0. The highest BCUT2D eigenvalue weighted by Gasteiger charge is 2.39. The van der Waals surface area contributed by atoms with E-state index in [1.807, 2.05) is 19.1 Å². The van der Waals surface area contributed by atoms with Crippen LogP contribution in [0.25, 0.3) is 0 Å². The second-order valence-corrected chi connectivity index (χ2v) is 6.57. The van der Waals surface area contributed by atoms with Crippen LogP contribution < -0.4 is 0 Å². The zero-order chi connectivity index (χ0) is 13.5. The largest absolute Gasteiger partial charge is 0.465 e. The van der Waals surface area contributed by atoms with Gasteiger partial charge >= 0.3 is 0 Å². The molecule has 0 amide bonds. The number of sulfonamides is 1. The maximum Gasteiger partial charge on any atom is 0.260 e. The molecule has 1 fully saturated rings. The van der Waals surface area contributed by atoms with E-state index in [-0.39, 0.29) is 17.6 Å². The summed E-state index contributed by atoms with van der Waals surface area (Å²) in [5, 5.41) is 0.127. The van der Waals surface area contributed by atoms with Gasteiger partial charge in [-0.25, -0.2) is 13.4 Å². The molecular formula is C12H15N3O3S. The lowest BCUT2D eigenvalue weighted by molar-refractivity contribution is 0.351. The molecule has 1 N–H and O–H groups in total. The van der Waals surface area contributed by atoms with Crippen molar-refractivity contribution in [3.8, 4) is 0 Å². The van der Waals surface area contributed by atoms with Crippen LogP contribution in [-0.2, 0) is 16.6 Å². The van der Waals surface area contributed by atoms with Gasteiger partial charge in [0.2, 0.25) is 0 Å². The van der Waals surface area contributed by atoms with E-state index in [0.29, 0.717) is 5.76 Å². The van der Waals surface area contributed by atoms with E-state index in [2.05, 4.69) is 9.97 Å². The molecule has 0 atom stereocenters. The van der Waals surface area contributed by atoms with Gasteiger partial charge < -0.3 is 9.40 Å². The van der Waals surface area contributed by atoms with Crippen LogP contribution in [0, 0.1) is 6.92 Å². The van der Waals surface area contributed by atoms with Crippen molar-refractivity contribution in [2.75, 3.05) is 0 Å². The molecule has 0 bridgehead atoms. The zero-order valence-corrected chi connectivity index (χ0v) is 11.4. The molecule has 3 rings (SSSR count). The highest BCUT2D eigenvalue weighted by atomic mass is 32.2. The van der Waals surface area contributed by atoms with Crippen molar-refractivity contribution in [1.82, 2.24) is 14.3 Å². The number of hydrogen-bond acceptors (Lipinski definition) is 4. The molecule has 102 valence electrons. The first-order chi connectivity index (χ1) is 9.07. The number of furan rings is 1. The Labute approximate surface area is 111 Å². The van der Waals surface area contributed by atoms with E-state index in [1.165, 1.54) is 16.8 Å². The first kappa shape index (κ1) is 12.4. The van der Waals surface area contributed by atoms with Gasteiger partial charge in [-0.1, -0.05) is 0 Å². The zero-order valence-electron chi connectivity index (χ0n) is 10.5. The second kappa shape index (κ2) is 4.50. The summed E-state index contributed by atoms with van der Waals surface area (Å²) in [6.07, 6.45) is 4.49. The molecule has 1 saturated carbocycles. The van der Waals surface area contributed by atoms with E-state index < -0.39 is 10.0 Å². The van der Waals surface area contributed by atoms with Crippen molar-refractivity contribution in [1.29, 1.82) is 0 Å². The predicted octanol–water partition coefficient (Wildman–Crippen LogP) is 1.66. The molecule has 0 saturated heterocycles. The quantitative estimate of drug-likeness (QED) is 0.904. The number of aromatic nitrogens is 2. The molecule has 2 aromatic heterocycles. The summed E-state index contributed by atoms with van der Waals surface area (Å²) in [6, 6.07) is 3.72. The third kappa shape index (κ3) is 2.43. The molecule has 1 aliphatic carbocycles. The Balaban J connectivity index is 1.89. The van der Waals surface area contributed by atoms with E-state index in [1.54, 1.807) is 0 Å². The predicted molar refractivity (Wildman–Crippen MR) is 67.8 cm³/mol. The molecule has 19 heavy (non-hydrogen) atoms. The smallest absolute Gasteiger partial charge is 0.260 e. The number of H-pyrrole nitrogens is 1. The van der Waals surface area contributed by atoms with Gasteiger partial charge in [-0.05, 0) is 31.9 Å². The number of aromatic amines is 1. The van der Waals surface area contributed by atoms with Gasteiger partial charge in [0.25, 0.3) is 10.0 Å². The lowest BCUT2D eigenvalue weighted by atomic mass is 10.4. The molecule has 0 aromatic carbocycles. The van der Waals surface area contributed by atoms with Gasteiger partial charge in [-0.3, -0.25) is 0 Å². The Bertz CT molecular complexity index is 656. The fourth-order valence-corrected chi connectivity index (χ4v) is 3.56. The van der Waals surface area contributed by atoms with E-state index in [9.17, 15) is 8.42 Å². The van der Waals surface area contributed by atoms with Crippen LogP contribution in [0.2, 0.25) is 0 Å². The van der Waals surface area contributed by atoms with Crippen molar-refractivity contribution in [3.05, 3.63) is 36.2 Å². The van der Waals surface area contributed by atoms with Gasteiger partial charge in [0, 0.05) is 6.04 Å². The van der Waals surface area contributed by atoms with Crippen LogP contribution in [0.4, 0.5) is 0 Å². The summed E-state index contributed by atoms with van der Waals surface area (Å²) in [5.74, 6) is 1.44. The third-order valence-electron chi connectivity index (χ3n) is 3.12. The van der Waals surface area contributed by atoms with Crippen LogP contribution in [0.3, 0.4) is 0 Å². The number of hydrogen-bond donors (Lipinski definition) is 1. The summed E-state index contributed by atoms with van der Waals surface area (Å²) in [4.78, 5) is 6.44. The number of aryl methyl sites for hydroxylation is 1. The topological polar surface area (TPSA) is 79.2 Å². The van der Waals surface area contributed by atoms with Crippen LogP contribution in [0.15, 0.2) is 34.1 Å². The number of imidazole rings is 1. The number of rotatable bonds is 5. The molecule has 0 radical (unpaired) electrons. The van der Waals surface area contributed by atoms with Crippen LogP contribution in [0.5, 0.6) is 0 Å². The maximum absolute atomic E-state index is 12.5. The molecule has 2 aromatic rings. The minimum atomic E-state index is -3.53. The minimum absolute atomic E-state index is 0.0682. The minimum Gasteiger partial charge on any atom is -0.465 e. The lowest BCUT2D eigenvalue weighted by Crippen LogP contribution is -2.32. The fourth-order valence-electron chi connectivity index (χ4n) is 2.01. The average Bonchev–Trinajstić information content (AvgIpc) is 2.89. The Hall–Kier alpha value is -1.60. The average molecular weight is 281 g/mol. The summed E-state index contributed by atoms with van der Waals surface area (Å²) in [7, 11) is -3.53. The summed E-state index contributed by atoms with van der Waals surface area (Å²) in [6.45, 7) is 2.11. The van der Waals surface area contributed by atoms with Crippen molar-refractivity contribution >= 4 is 10.0 Å². The maximum atomic E-state index is 12.5. The van der Waals surface area contributed by atoms with Crippen LogP contribution in [0.1, 0.15) is 24.4 Å². The standard InChI is InChI=1S/C12H15N3O3S/c1-9-2-5-11(18-9)7-15(10-3-4-10)19(16,17)12-6-13-8-14-12/h2,5-6,8,10H,3-4,7H2,1H3,(H,13,14). The normalized spacial score (nSPS) is 16.1. The molecule has 1 aliphatic rings. The van der Waals surface area contributed by atoms with Crippen LogP contribution in [-0.4, -0.2) is 28.7 Å². The van der Waals surface area contributed by atoms with Gasteiger partial charge in [0.05, 0.1) is 19.1 Å². The van der Waals surface area contributed by atoms with Crippen LogP contribution >= 0.6 is 0 Å². The summed E-state index contributed by atoms with van der Waals surface area (Å²) in [5.41, 5.74) is 0. The second-order valence-electron chi connectivity index (χ2n) is 4.71. The van der Waals surface area contributed by atoms with Crippen molar-refractivity contribution in [2.45, 2.75) is 37.4 Å².